The maximum atomic E-state index is 12.9. The highest BCUT2D eigenvalue weighted by atomic mass is 32.2. The summed E-state index contributed by atoms with van der Waals surface area (Å²) in [6, 6.07) is -0.191. The van der Waals surface area contributed by atoms with Crippen molar-refractivity contribution in [2.45, 2.75) is 31.7 Å². The Bertz CT molecular complexity index is 650. The van der Waals surface area contributed by atoms with Crippen molar-refractivity contribution in [2.75, 3.05) is 26.7 Å². The average molecular weight is 316 g/mol. The lowest BCUT2D eigenvalue weighted by Crippen LogP contribution is -2.52. The summed E-state index contributed by atoms with van der Waals surface area (Å²) in [6.07, 6.45) is 0. The lowest BCUT2D eigenvalue weighted by Gasteiger charge is -2.32. The van der Waals surface area contributed by atoms with Crippen molar-refractivity contribution in [3.63, 3.8) is 0 Å². The van der Waals surface area contributed by atoms with Crippen LogP contribution in [-0.4, -0.2) is 51.5 Å². The smallest absolute Gasteiger partial charge is 0.342 e. The van der Waals surface area contributed by atoms with Crippen LogP contribution in [-0.2, 0) is 14.8 Å². The van der Waals surface area contributed by atoms with Gasteiger partial charge < -0.3 is 14.5 Å². The Morgan fingerprint density at radius 1 is 1.38 bits per heavy atom. The van der Waals surface area contributed by atoms with Crippen LogP contribution < -0.4 is 5.32 Å². The summed E-state index contributed by atoms with van der Waals surface area (Å²) >= 11 is 0. The van der Waals surface area contributed by atoms with Gasteiger partial charge in [0.2, 0.25) is 10.0 Å². The van der Waals surface area contributed by atoms with E-state index >= 15 is 0 Å². The molecule has 1 aliphatic heterocycles. The standard InChI is InChI=1S/C13H20N2O5S/c1-8-7-14-5-6-15(8)21(17,18)12-10(3)20-9(2)11(12)13(16)19-4/h8,14H,5-7H2,1-4H3/t8-/m0/s1. The maximum absolute atomic E-state index is 12.9. The van der Waals surface area contributed by atoms with E-state index in [9.17, 15) is 13.2 Å². The minimum absolute atomic E-state index is 0.0132. The van der Waals surface area contributed by atoms with Gasteiger partial charge in [-0.05, 0) is 20.8 Å². The number of nitrogens with zero attached hydrogens (tertiary/aromatic N) is 1. The van der Waals surface area contributed by atoms with Gasteiger partial charge in [0, 0.05) is 25.7 Å². The monoisotopic (exact) mass is 316 g/mol. The lowest BCUT2D eigenvalue weighted by atomic mass is 10.2. The molecule has 118 valence electrons. The van der Waals surface area contributed by atoms with E-state index in [0.29, 0.717) is 19.6 Å². The fourth-order valence-electron chi connectivity index (χ4n) is 2.61. The number of esters is 1. The molecule has 2 rings (SSSR count). The largest absolute Gasteiger partial charge is 0.465 e. The molecular formula is C13H20N2O5S. The highest BCUT2D eigenvalue weighted by Crippen LogP contribution is 2.31. The first kappa shape index (κ1) is 16.0. The Balaban J connectivity index is 2.57. The number of aryl methyl sites for hydroxylation is 2. The van der Waals surface area contributed by atoms with E-state index < -0.39 is 16.0 Å². The third kappa shape index (κ3) is 2.70. The first-order valence-electron chi connectivity index (χ1n) is 6.71. The third-order valence-corrected chi connectivity index (χ3v) is 5.77. The van der Waals surface area contributed by atoms with Crippen molar-refractivity contribution >= 4 is 16.0 Å². The molecule has 0 radical (unpaired) electrons. The fourth-order valence-corrected chi connectivity index (χ4v) is 4.61. The van der Waals surface area contributed by atoms with Crippen molar-refractivity contribution < 1.29 is 22.4 Å². The van der Waals surface area contributed by atoms with E-state index in [2.05, 4.69) is 10.1 Å². The van der Waals surface area contributed by atoms with Crippen molar-refractivity contribution in [2.24, 2.45) is 0 Å². The normalized spacial score (nSPS) is 20.5. The topological polar surface area (TPSA) is 88.8 Å². The highest BCUT2D eigenvalue weighted by Gasteiger charge is 2.38. The highest BCUT2D eigenvalue weighted by molar-refractivity contribution is 7.89. The van der Waals surface area contributed by atoms with Gasteiger partial charge in [0.15, 0.2) is 0 Å². The molecular weight excluding hydrogens is 296 g/mol. The Kier molecular flexibility index (Phi) is 4.40. The second-order valence-electron chi connectivity index (χ2n) is 5.08. The van der Waals surface area contributed by atoms with E-state index in [4.69, 9.17) is 4.42 Å². The molecule has 1 aliphatic rings. The minimum atomic E-state index is -3.81. The molecule has 0 spiro atoms. The zero-order chi connectivity index (χ0) is 15.8. The predicted molar refractivity (Wildman–Crippen MR) is 75.7 cm³/mol. The van der Waals surface area contributed by atoms with Gasteiger partial charge in [-0.1, -0.05) is 0 Å². The molecule has 7 nitrogen and oxygen atoms in total. The summed E-state index contributed by atoms with van der Waals surface area (Å²) in [5.74, 6) is -0.245. The quantitative estimate of drug-likeness (QED) is 0.824. The van der Waals surface area contributed by atoms with Crippen molar-refractivity contribution in [1.82, 2.24) is 9.62 Å². The molecule has 1 N–H and O–H groups in total. The second-order valence-corrected chi connectivity index (χ2v) is 6.91. The molecule has 1 atom stereocenters. The second kappa shape index (κ2) is 5.78. The molecule has 0 amide bonds. The van der Waals surface area contributed by atoms with Crippen LogP contribution in [0.2, 0.25) is 0 Å². The average Bonchev–Trinajstić information content (AvgIpc) is 2.73. The van der Waals surface area contributed by atoms with Crippen LogP contribution in [0.1, 0.15) is 28.8 Å². The minimum Gasteiger partial charge on any atom is -0.465 e. The van der Waals surface area contributed by atoms with Crippen LogP contribution in [0.5, 0.6) is 0 Å². The number of furan rings is 1. The summed E-state index contributed by atoms with van der Waals surface area (Å²) in [4.78, 5) is 11.8. The summed E-state index contributed by atoms with van der Waals surface area (Å²) < 4.78 is 37.2. The molecule has 21 heavy (non-hydrogen) atoms. The number of rotatable bonds is 3. The van der Waals surface area contributed by atoms with Crippen molar-refractivity contribution in [3.8, 4) is 0 Å². The van der Waals surface area contributed by atoms with Gasteiger partial charge in [0.25, 0.3) is 0 Å². The van der Waals surface area contributed by atoms with Gasteiger partial charge in [-0.3, -0.25) is 0 Å². The number of hydrogen-bond donors (Lipinski definition) is 1. The molecule has 8 heteroatoms. The zero-order valence-electron chi connectivity index (χ0n) is 12.6. The van der Waals surface area contributed by atoms with Crippen LogP contribution in [0.15, 0.2) is 9.31 Å². The van der Waals surface area contributed by atoms with Crippen LogP contribution in [0, 0.1) is 13.8 Å². The van der Waals surface area contributed by atoms with E-state index in [1.54, 1.807) is 13.8 Å². The number of sulfonamides is 1. The summed E-state index contributed by atoms with van der Waals surface area (Å²) in [5, 5.41) is 3.14. The molecule has 1 aromatic rings. The number of nitrogens with one attached hydrogen (secondary N) is 1. The van der Waals surface area contributed by atoms with Crippen LogP contribution in [0.25, 0.3) is 0 Å². The molecule has 2 heterocycles. The van der Waals surface area contributed by atoms with Gasteiger partial charge in [0.05, 0.1) is 7.11 Å². The molecule has 1 fully saturated rings. The molecule has 0 saturated carbocycles. The van der Waals surface area contributed by atoms with Crippen molar-refractivity contribution in [3.05, 3.63) is 17.1 Å². The Morgan fingerprint density at radius 3 is 2.62 bits per heavy atom. The Labute approximate surface area is 124 Å². The Morgan fingerprint density at radius 2 is 2.05 bits per heavy atom. The number of carbonyl (C=O) groups is 1. The number of methoxy groups -OCH3 is 1. The van der Waals surface area contributed by atoms with Gasteiger partial charge >= 0.3 is 5.97 Å². The van der Waals surface area contributed by atoms with Crippen LogP contribution >= 0.6 is 0 Å². The zero-order valence-corrected chi connectivity index (χ0v) is 13.4. The lowest BCUT2D eigenvalue weighted by molar-refractivity contribution is 0.0594. The SMILES string of the molecule is COC(=O)c1c(C)oc(C)c1S(=O)(=O)N1CCNC[C@@H]1C. The maximum Gasteiger partial charge on any atom is 0.342 e. The summed E-state index contributed by atoms with van der Waals surface area (Å²) in [5.41, 5.74) is -0.0132. The Hall–Kier alpha value is -1.38. The summed E-state index contributed by atoms with van der Waals surface area (Å²) in [6.45, 7) is 6.42. The number of ether oxygens (including phenoxy) is 1. The molecule has 0 aliphatic carbocycles. The van der Waals surface area contributed by atoms with Gasteiger partial charge in [-0.25, -0.2) is 13.2 Å². The molecule has 1 aromatic heterocycles. The van der Waals surface area contributed by atoms with E-state index in [0.717, 1.165) is 0 Å². The van der Waals surface area contributed by atoms with E-state index in [-0.39, 0.29) is 28.0 Å². The molecule has 1 saturated heterocycles. The first-order chi connectivity index (χ1) is 9.80. The van der Waals surface area contributed by atoms with Gasteiger partial charge in [-0.2, -0.15) is 4.31 Å². The summed E-state index contributed by atoms with van der Waals surface area (Å²) in [7, 11) is -2.59. The van der Waals surface area contributed by atoms with Gasteiger partial charge in [0.1, 0.15) is 22.0 Å². The third-order valence-electron chi connectivity index (χ3n) is 3.60. The van der Waals surface area contributed by atoms with Crippen LogP contribution in [0.4, 0.5) is 0 Å². The van der Waals surface area contributed by atoms with Crippen LogP contribution in [0.3, 0.4) is 0 Å². The van der Waals surface area contributed by atoms with E-state index in [1.807, 2.05) is 6.92 Å². The van der Waals surface area contributed by atoms with Crippen molar-refractivity contribution in [1.29, 1.82) is 0 Å². The number of piperazine rings is 1. The molecule has 0 aromatic carbocycles. The van der Waals surface area contributed by atoms with E-state index in [1.165, 1.54) is 11.4 Å². The van der Waals surface area contributed by atoms with Gasteiger partial charge in [-0.15, -0.1) is 0 Å². The molecule has 0 bridgehead atoms. The molecule has 0 unspecified atom stereocenters. The number of hydrogen-bond acceptors (Lipinski definition) is 6. The first-order valence-corrected chi connectivity index (χ1v) is 8.15. The predicted octanol–water partition coefficient (Wildman–Crippen LogP) is 0.665. The fraction of sp³-hybridized carbons (Fsp3) is 0.615. The number of carbonyl (C=O) groups excluding carboxylic acids is 1.